The summed E-state index contributed by atoms with van der Waals surface area (Å²) in [4.78, 5) is 12.4. The fourth-order valence-electron chi connectivity index (χ4n) is 2.50. The van der Waals surface area contributed by atoms with E-state index in [1.54, 1.807) is 6.07 Å². The van der Waals surface area contributed by atoms with E-state index in [0.717, 1.165) is 11.3 Å². The summed E-state index contributed by atoms with van der Waals surface area (Å²) >= 11 is 0. The van der Waals surface area contributed by atoms with Crippen LogP contribution in [0.2, 0.25) is 0 Å². The number of nitrogens with one attached hydrogen (secondary N) is 1. The third-order valence-electron chi connectivity index (χ3n) is 3.54. The fourth-order valence-corrected chi connectivity index (χ4v) is 2.50. The van der Waals surface area contributed by atoms with Gasteiger partial charge in [-0.15, -0.1) is 0 Å². The van der Waals surface area contributed by atoms with Crippen LogP contribution in [0.1, 0.15) is 15.9 Å². The summed E-state index contributed by atoms with van der Waals surface area (Å²) in [6, 6.07) is 11.9. The molecule has 0 spiro atoms. The number of anilines is 1. The monoisotopic (exact) mass is 271 g/mol. The minimum atomic E-state index is -0.599. The van der Waals surface area contributed by atoms with E-state index in [4.69, 9.17) is 4.74 Å². The maximum atomic E-state index is 14.1. The van der Waals surface area contributed by atoms with Crippen molar-refractivity contribution < 1.29 is 13.9 Å². The molecule has 1 unspecified atom stereocenters. The Morgan fingerprint density at radius 3 is 2.80 bits per heavy atom. The lowest BCUT2D eigenvalue weighted by atomic mass is 10.0. The molecule has 3 rings (SSSR count). The van der Waals surface area contributed by atoms with Crippen LogP contribution in [0.15, 0.2) is 42.5 Å². The summed E-state index contributed by atoms with van der Waals surface area (Å²) in [5.74, 6) is -0.762. The third kappa shape index (κ3) is 2.03. The Morgan fingerprint density at radius 2 is 2.05 bits per heavy atom. The highest BCUT2D eigenvalue weighted by molar-refractivity contribution is 6.03. The van der Waals surface area contributed by atoms with Crippen LogP contribution in [0.5, 0.6) is 5.75 Å². The number of carbonyl (C=O) groups is 1. The van der Waals surface area contributed by atoms with E-state index in [1.165, 1.54) is 19.2 Å². The van der Waals surface area contributed by atoms with Crippen molar-refractivity contribution in [3.63, 3.8) is 0 Å². The van der Waals surface area contributed by atoms with Gasteiger partial charge in [0.2, 0.25) is 0 Å². The summed E-state index contributed by atoms with van der Waals surface area (Å²) in [5, 5.41) is 3.14. The molecule has 4 heteroatoms. The first kappa shape index (κ1) is 12.7. The van der Waals surface area contributed by atoms with Gasteiger partial charge in [-0.1, -0.05) is 24.3 Å². The van der Waals surface area contributed by atoms with Crippen molar-refractivity contribution in [3.05, 3.63) is 59.4 Å². The van der Waals surface area contributed by atoms with Gasteiger partial charge in [-0.2, -0.15) is 0 Å². The number of para-hydroxylation sites is 1. The van der Waals surface area contributed by atoms with Gasteiger partial charge in [0.15, 0.2) is 17.3 Å². The van der Waals surface area contributed by atoms with Gasteiger partial charge in [0.25, 0.3) is 0 Å². The van der Waals surface area contributed by atoms with Gasteiger partial charge in [-0.05, 0) is 23.8 Å². The van der Waals surface area contributed by atoms with E-state index in [1.807, 2.05) is 24.3 Å². The standard InChI is InChI=1S/C16H14FNO2/c1-20-14-8-4-6-11(15(14)17)16(19)13-9-10-5-2-3-7-12(10)18-13/h2-8,13,18H,9H2,1H3. The molecule has 20 heavy (non-hydrogen) atoms. The van der Waals surface area contributed by atoms with Gasteiger partial charge in [0.1, 0.15) is 0 Å². The van der Waals surface area contributed by atoms with E-state index < -0.39 is 11.9 Å². The number of methoxy groups -OCH3 is 1. The van der Waals surface area contributed by atoms with Gasteiger partial charge in [-0.25, -0.2) is 4.39 Å². The maximum Gasteiger partial charge on any atom is 0.188 e. The Balaban J connectivity index is 1.89. The molecule has 2 aromatic carbocycles. The average molecular weight is 271 g/mol. The van der Waals surface area contributed by atoms with E-state index in [-0.39, 0.29) is 17.1 Å². The molecule has 1 N–H and O–H groups in total. The molecule has 0 amide bonds. The maximum absolute atomic E-state index is 14.1. The number of benzene rings is 2. The van der Waals surface area contributed by atoms with Crippen LogP contribution in [0, 0.1) is 5.82 Å². The van der Waals surface area contributed by atoms with Gasteiger partial charge < -0.3 is 10.1 Å². The molecule has 1 heterocycles. The normalized spacial score (nSPS) is 16.4. The zero-order valence-corrected chi connectivity index (χ0v) is 11.0. The number of rotatable bonds is 3. The number of hydrogen-bond acceptors (Lipinski definition) is 3. The predicted molar refractivity (Wildman–Crippen MR) is 74.8 cm³/mol. The van der Waals surface area contributed by atoms with Gasteiger partial charge >= 0.3 is 0 Å². The Hall–Kier alpha value is -2.36. The zero-order chi connectivity index (χ0) is 14.1. The number of hydrogen-bond donors (Lipinski definition) is 1. The van der Waals surface area contributed by atoms with Crippen LogP contribution in [-0.4, -0.2) is 18.9 Å². The molecule has 0 saturated heterocycles. The van der Waals surface area contributed by atoms with Crippen molar-refractivity contribution in [2.24, 2.45) is 0 Å². The molecular formula is C16H14FNO2. The van der Waals surface area contributed by atoms with Crippen molar-refractivity contribution in [1.29, 1.82) is 0 Å². The van der Waals surface area contributed by atoms with Crippen LogP contribution in [0.25, 0.3) is 0 Å². The van der Waals surface area contributed by atoms with Crippen molar-refractivity contribution in [3.8, 4) is 5.75 Å². The van der Waals surface area contributed by atoms with Gasteiger partial charge in [0, 0.05) is 12.1 Å². The van der Waals surface area contributed by atoms with Crippen LogP contribution < -0.4 is 10.1 Å². The molecule has 3 nitrogen and oxygen atoms in total. The van der Waals surface area contributed by atoms with E-state index in [9.17, 15) is 9.18 Å². The minimum absolute atomic E-state index is 0.0645. The molecule has 2 aromatic rings. The molecule has 0 aliphatic carbocycles. The second-order valence-electron chi connectivity index (χ2n) is 4.74. The number of halogens is 1. The Bertz CT molecular complexity index is 644. The van der Waals surface area contributed by atoms with Gasteiger partial charge in [-0.3, -0.25) is 4.79 Å². The minimum Gasteiger partial charge on any atom is -0.494 e. The SMILES string of the molecule is COc1cccc(C(=O)C2Cc3ccccc3N2)c1F. The van der Waals surface area contributed by atoms with E-state index >= 15 is 0 Å². The molecule has 0 saturated carbocycles. The molecule has 0 aromatic heterocycles. The Labute approximate surface area is 116 Å². The zero-order valence-electron chi connectivity index (χ0n) is 11.0. The second-order valence-corrected chi connectivity index (χ2v) is 4.74. The van der Waals surface area contributed by atoms with Crippen molar-refractivity contribution >= 4 is 11.5 Å². The highest BCUT2D eigenvalue weighted by atomic mass is 19.1. The van der Waals surface area contributed by atoms with Crippen molar-refractivity contribution in [2.45, 2.75) is 12.5 Å². The first-order valence-electron chi connectivity index (χ1n) is 6.42. The highest BCUT2D eigenvalue weighted by Gasteiger charge is 2.29. The molecule has 0 bridgehead atoms. The summed E-state index contributed by atoms with van der Waals surface area (Å²) < 4.78 is 19.0. The fraction of sp³-hybridized carbons (Fsp3) is 0.188. The van der Waals surface area contributed by atoms with Crippen molar-refractivity contribution in [2.75, 3.05) is 12.4 Å². The average Bonchev–Trinajstić information content (AvgIpc) is 2.90. The summed E-state index contributed by atoms with van der Waals surface area (Å²) in [7, 11) is 1.39. The molecule has 0 fully saturated rings. The topological polar surface area (TPSA) is 38.3 Å². The van der Waals surface area contributed by atoms with E-state index in [2.05, 4.69) is 5.32 Å². The highest BCUT2D eigenvalue weighted by Crippen LogP contribution is 2.28. The molecule has 1 atom stereocenters. The summed E-state index contributed by atoms with van der Waals surface area (Å²) in [6.45, 7) is 0. The molecular weight excluding hydrogens is 257 g/mol. The van der Waals surface area contributed by atoms with Crippen LogP contribution in [-0.2, 0) is 6.42 Å². The number of fused-ring (bicyclic) bond motifs is 1. The first-order valence-corrected chi connectivity index (χ1v) is 6.42. The van der Waals surface area contributed by atoms with E-state index in [0.29, 0.717) is 6.42 Å². The lowest BCUT2D eigenvalue weighted by Crippen LogP contribution is -2.27. The largest absolute Gasteiger partial charge is 0.494 e. The Kier molecular flexibility index (Phi) is 3.14. The molecule has 1 aliphatic rings. The van der Waals surface area contributed by atoms with Crippen LogP contribution >= 0.6 is 0 Å². The lowest BCUT2D eigenvalue weighted by molar-refractivity contribution is 0.0967. The third-order valence-corrected chi connectivity index (χ3v) is 3.54. The molecule has 102 valence electrons. The number of ketones is 1. The molecule has 1 aliphatic heterocycles. The number of Topliss-reactive ketones (excluding diaryl/α,β-unsaturated/α-hetero) is 1. The summed E-state index contributed by atoms with van der Waals surface area (Å²) in [6.07, 6.45) is 0.575. The number of carbonyl (C=O) groups excluding carboxylic acids is 1. The van der Waals surface area contributed by atoms with Crippen LogP contribution in [0.4, 0.5) is 10.1 Å². The van der Waals surface area contributed by atoms with Gasteiger partial charge in [0.05, 0.1) is 18.7 Å². The van der Waals surface area contributed by atoms with Crippen LogP contribution in [0.3, 0.4) is 0 Å². The lowest BCUT2D eigenvalue weighted by Gasteiger charge is -2.12. The smallest absolute Gasteiger partial charge is 0.188 e. The Morgan fingerprint density at radius 1 is 1.25 bits per heavy atom. The summed E-state index contributed by atoms with van der Waals surface area (Å²) in [5.41, 5.74) is 2.08. The second kappa shape index (κ2) is 4.96. The number of ether oxygens (including phenoxy) is 1. The quantitative estimate of drug-likeness (QED) is 0.872. The predicted octanol–water partition coefficient (Wildman–Crippen LogP) is 3.05. The van der Waals surface area contributed by atoms with Crippen molar-refractivity contribution in [1.82, 2.24) is 0 Å². The first-order chi connectivity index (χ1) is 9.70. The molecule has 0 radical (unpaired) electrons.